The molecule has 7 nitrogen and oxygen atoms in total. The number of hydrogen-bond donors (Lipinski definition) is 1. The smallest absolute Gasteiger partial charge is 0.296 e. The number of nitrogens with zero attached hydrogens (tertiary/aromatic N) is 3. The summed E-state index contributed by atoms with van der Waals surface area (Å²) < 4.78 is 6.16. The average Bonchev–Trinajstić information content (AvgIpc) is 3.61. The van der Waals surface area contributed by atoms with E-state index in [9.17, 15) is 14.7 Å². The zero-order valence-electron chi connectivity index (χ0n) is 17.3. The first-order valence-electron chi connectivity index (χ1n) is 9.94. The number of carbonyl (C=O) groups excluding carboxylic acids is 2. The van der Waals surface area contributed by atoms with Crippen LogP contribution in [0.25, 0.3) is 0 Å². The van der Waals surface area contributed by atoms with Crippen LogP contribution in [0.5, 0.6) is 0 Å². The minimum Gasteiger partial charge on any atom is -0.503 e. The van der Waals surface area contributed by atoms with E-state index in [1.54, 1.807) is 19.1 Å². The highest BCUT2D eigenvalue weighted by molar-refractivity contribution is 8.00. The Hall–Kier alpha value is -3.21. The molecule has 0 saturated carbocycles. The van der Waals surface area contributed by atoms with E-state index in [0.717, 1.165) is 10.4 Å². The number of anilines is 1. The number of hydrogen-bond acceptors (Lipinski definition) is 9. The molecule has 10 heteroatoms. The molecule has 5 rings (SSSR count). The van der Waals surface area contributed by atoms with E-state index in [-0.39, 0.29) is 11.3 Å². The predicted octanol–water partition coefficient (Wildman–Crippen LogP) is 5.58. The van der Waals surface area contributed by atoms with Gasteiger partial charge in [0.05, 0.1) is 5.57 Å². The molecule has 0 fully saturated rings. The minimum absolute atomic E-state index is 0.0227. The van der Waals surface area contributed by atoms with Gasteiger partial charge in [0.25, 0.3) is 5.91 Å². The van der Waals surface area contributed by atoms with Crippen molar-refractivity contribution in [2.24, 2.45) is 0 Å². The third kappa shape index (κ3) is 4.12. The summed E-state index contributed by atoms with van der Waals surface area (Å²) >= 11 is 4.15. The summed E-state index contributed by atoms with van der Waals surface area (Å²) in [5.74, 6) is -0.462. The molecule has 1 aliphatic heterocycles. The largest absolute Gasteiger partial charge is 0.503 e. The second kappa shape index (κ2) is 8.97. The number of aliphatic hydroxyl groups excluding tert-OH is 1. The SMILES string of the molecule is Cc1ccc(C(=O)C2=C(O)C(=O)N(c3nnc(SCc4ccccc4)s3)C2c2cccs2)o1. The lowest BCUT2D eigenvalue weighted by atomic mass is 10.0. The number of benzene rings is 1. The number of aliphatic hydroxyl groups is 1. The molecule has 166 valence electrons. The van der Waals surface area contributed by atoms with Crippen LogP contribution < -0.4 is 4.90 Å². The van der Waals surface area contributed by atoms with Crippen LogP contribution in [-0.4, -0.2) is 27.0 Å². The molecule has 1 aliphatic rings. The summed E-state index contributed by atoms with van der Waals surface area (Å²) in [7, 11) is 0. The lowest BCUT2D eigenvalue weighted by molar-refractivity contribution is -0.117. The third-order valence-electron chi connectivity index (χ3n) is 5.04. The van der Waals surface area contributed by atoms with Crippen molar-refractivity contribution in [3.63, 3.8) is 0 Å². The van der Waals surface area contributed by atoms with Gasteiger partial charge in [0.2, 0.25) is 10.9 Å². The van der Waals surface area contributed by atoms with Crippen LogP contribution in [0, 0.1) is 6.92 Å². The van der Waals surface area contributed by atoms with E-state index >= 15 is 0 Å². The van der Waals surface area contributed by atoms with Gasteiger partial charge in [-0.25, -0.2) is 0 Å². The van der Waals surface area contributed by atoms with Crippen molar-refractivity contribution in [3.8, 4) is 0 Å². The van der Waals surface area contributed by atoms with Gasteiger partial charge in [-0.2, -0.15) is 0 Å². The molecule has 4 heterocycles. The molecule has 1 atom stereocenters. The van der Waals surface area contributed by atoms with Gasteiger partial charge in [0.15, 0.2) is 15.9 Å². The fraction of sp³-hybridized carbons (Fsp3) is 0.130. The summed E-state index contributed by atoms with van der Waals surface area (Å²) in [4.78, 5) is 28.4. The van der Waals surface area contributed by atoms with Gasteiger partial charge in [0.1, 0.15) is 11.8 Å². The Morgan fingerprint density at radius 3 is 2.67 bits per heavy atom. The van der Waals surface area contributed by atoms with Crippen molar-refractivity contribution in [1.82, 2.24) is 10.2 Å². The van der Waals surface area contributed by atoms with Crippen LogP contribution in [0.4, 0.5) is 5.13 Å². The van der Waals surface area contributed by atoms with Gasteiger partial charge in [-0.3, -0.25) is 14.5 Å². The van der Waals surface area contributed by atoms with Crippen LogP contribution in [0.1, 0.15) is 32.8 Å². The van der Waals surface area contributed by atoms with Crippen molar-refractivity contribution in [1.29, 1.82) is 0 Å². The minimum atomic E-state index is -0.810. The quantitative estimate of drug-likeness (QED) is 0.203. The Balaban J connectivity index is 1.47. The summed E-state index contributed by atoms with van der Waals surface area (Å²) in [6, 6.07) is 16.0. The van der Waals surface area contributed by atoms with E-state index in [4.69, 9.17) is 4.42 Å². The highest BCUT2D eigenvalue weighted by Gasteiger charge is 2.47. The molecule has 33 heavy (non-hydrogen) atoms. The van der Waals surface area contributed by atoms with Crippen molar-refractivity contribution in [2.45, 2.75) is 23.1 Å². The van der Waals surface area contributed by atoms with E-state index in [2.05, 4.69) is 10.2 Å². The molecule has 0 aliphatic carbocycles. The van der Waals surface area contributed by atoms with Crippen LogP contribution in [-0.2, 0) is 10.5 Å². The molecule has 1 aromatic carbocycles. The van der Waals surface area contributed by atoms with Gasteiger partial charge in [-0.1, -0.05) is 59.5 Å². The van der Waals surface area contributed by atoms with E-state index < -0.39 is 23.5 Å². The van der Waals surface area contributed by atoms with Crippen molar-refractivity contribution >= 4 is 51.3 Å². The predicted molar refractivity (Wildman–Crippen MR) is 128 cm³/mol. The summed E-state index contributed by atoms with van der Waals surface area (Å²) in [5.41, 5.74) is 1.12. The monoisotopic (exact) mass is 495 g/mol. The number of Topliss-reactive ketones (excluding diaryl/α,β-unsaturated/α-hetero) is 1. The highest BCUT2D eigenvalue weighted by atomic mass is 32.2. The number of aromatic nitrogens is 2. The lowest BCUT2D eigenvalue weighted by Gasteiger charge is -2.22. The van der Waals surface area contributed by atoms with Crippen molar-refractivity contribution < 1.29 is 19.1 Å². The molecule has 0 radical (unpaired) electrons. The number of furan rings is 1. The Morgan fingerprint density at radius 2 is 1.97 bits per heavy atom. The number of amides is 1. The first-order chi connectivity index (χ1) is 16.0. The third-order valence-corrected chi connectivity index (χ3v) is 8.09. The second-order valence-corrected chi connectivity index (χ2v) is 10.4. The molecule has 3 aromatic heterocycles. The van der Waals surface area contributed by atoms with E-state index in [1.807, 2.05) is 47.8 Å². The van der Waals surface area contributed by atoms with E-state index in [1.165, 1.54) is 39.3 Å². The molecule has 4 aromatic rings. The summed E-state index contributed by atoms with van der Waals surface area (Å²) in [6.07, 6.45) is 0. The van der Waals surface area contributed by atoms with Crippen LogP contribution >= 0.6 is 34.4 Å². The fourth-order valence-corrected chi connectivity index (χ4v) is 6.16. The van der Waals surface area contributed by atoms with Crippen LogP contribution in [0.3, 0.4) is 0 Å². The zero-order valence-corrected chi connectivity index (χ0v) is 19.7. The fourth-order valence-electron chi connectivity index (χ4n) is 3.52. The van der Waals surface area contributed by atoms with Gasteiger partial charge in [-0.05, 0) is 36.1 Å². The Morgan fingerprint density at radius 1 is 1.15 bits per heavy atom. The molecule has 0 spiro atoms. The maximum atomic E-state index is 13.2. The van der Waals surface area contributed by atoms with Crippen LogP contribution in [0.15, 0.2) is 80.1 Å². The zero-order chi connectivity index (χ0) is 22.9. The van der Waals surface area contributed by atoms with Gasteiger partial charge < -0.3 is 9.52 Å². The molecule has 1 unspecified atom stereocenters. The molecule has 1 amide bonds. The highest BCUT2D eigenvalue weighted by Crippen LogP contribution is 2.45. The second-order valence-electron chi connectivity index (χ2n) is 7.22. The number of aryl methyl sites for hydroxylation is 1. The Kier molecular flexibility index (Phi) is 5.88. The maximum Gasteiger partial charge on any atom is 0.296 e. The van der Waals surface area contributed by atoms with Gasteiger partial charge >= 0.3 is 0 Å². The maximum absolute atomic E-state index is 13.2. The average molecular weight is 496 g/mol. The Labute approximate surface area is 201 Å². The van der Waals surface area contributed by atoms with Crippen molar-refractivity contribution in [2.75, 3.05) is 4.90 Å². The summed E-state index contributed by atoms with van der Waals surface area (Å²) in [5, 5.41) is 21.3. The number of ketones is 1. The number of thiophene rings is 1. The molecule has 0 saturated heterocycles. The Bertz CT molecular complexity index is 1340. The first kappa shape index (κ1) is 21.6. The van der Waals surface area contributed by atoms with Crippen LogP contribution in [0.2, 0.25) is 0 Å². The van der Waals surface area contributed by atoms with E-state index in [0.29, 0.717) is 21.0 Å². The first-order valence-corrected chi connectivity index (χ1v) is 12.6. The number of rotatable bonds is 7. The molecular formula is C23H17N3O4S3. The summed E-state index contributed by atoms with van der Waals surface area (Å²) in [6.45, 7) is 1.73. The molecule has 1 N–H and O–H groups in total. The van der Waals surface area contributed by atoms with Crippen molar-refractivity contribution in [3.05, 3.63) is 93.3 Å². The number of carbonyl (C=O) groups is 2. The normalized spacial score (nSPS) is 16.1. The van der Waals surface area contributed by atoms with Gasteiger partial charge in [0, 0.05) is 10.6 Å². The van der Waals surface area contributed by atoms with Gasteiger partial charge in [-0.15, -0.1) is 21.5 Å². The number of thioether (sulfide) groups is 1. The molecule has 0 bridgehead atoms. The lowest BCUT2D eigenvalue weighted by Crippen LogP contribution is -2.30. The standard InChI is InChI=1S/C23H17N3O4S3/c1-13-9-10-15(30-13)19(27)17-18(16-8-5-11-31-16)26(21(29)20(17)28)22-24-25-23(33-22)32-12-14-6-3-2-4-7-14/h2-11,18,28H,12H2,1H3. The molecular weight excluding hydrogens is 478 g/mol. The topological polar surface area (TPSA) is 96.5 Å².